The first-order chi connectivity index (χ1) is 12.4. The molecule has 0 unspecified atom stereocenters. The van der Waals surface area contributed by atoms with Crippen LogP contribution in [0.3, 0.4) is 0 Å². The van der Waals surface area contributed by atoms with Crippen LogP contribution in [0.1, 0.15) is 13.8 Å². The van der Waals surface area contributed by atoms with E-state index < -0.39 is 10.0 Å². The van der Waals surface area contributed by atoms with Gasteiger partial charge in [-0.3, -0.25) is 9.10 Å². The molecule has 0 aromatic heterocycles. The lowest BCUT2D eigenvalue weighted by atomic mass is 10.2. The van der Waals surface area contributed by atoms with Gasteiger partial charge in [0.25, 0.3) is 10.0 Å². The van der Waals surface area contributed by atoms with E-state index in [2.05, 4.69) is 5.32 Å². The number of anilines is 2. The maximum absolute atomic E-state index is 13.0. The van der Waals surface area contributed by atoms with E-state index in [1.54, 1.807) is 37.3 Å². The van der Waals surface area contributed by atoms with E-state index in [0.29, 0.717) is 36.1 Å². The van der Waals surface area contributed by atoms with Crippen molar-refractivity contribution in [1.82, 2.24) is 0 Å². The van der Waals surface area contributed by atoms with Gasteiger partial charge in [0.2, 0.25) is 5.91 Å². The van der Waals surface area contributed by atoms with Crippen molar-refractivity contribution in [3.05, 3.63) is 42.5 Å². The number of hydrogen-bond donors (Lipinski definition) is 1. The summed E-state index contributed by atoms with van der Waals surface area (Å²) in [4.78, 5) is 11.2. The number of carbonyl (C=O) groups is 1. The average molecular weight is 376 g/mol. The summed E-state index contributed by atoms with van der Waals surface area (Å²) in [6.45, 7) is 4.32. The number of rotatable bonds is 5. The highest BCUT2D eigenvalue weighted by Gasteiger charge is 2.25. The number of fused-ring (bicyclic) bond motifs is 1. The quantitative estimate of drug-likeness (QED) is 0.867. The van der Waals surface area contributed by atoms with Gasteiger partial charge in [-0.25, -0.2) is 8.42 Å². The highest BCUT2D eigenvalue weighted by Crippen LogP contribution is 2.35. The van der Waals surface area contributed by atoms with Crippen LogP contribution in [0.4, 0.5) is 11.4 Å². The monoisotopic (exact) mass is 376 g/mol. The van der Waals surface area contributed by atoms with Crippen LogP contribution in [0.5, 0.6) is 11.5 Å². The fraction of sp³-hybridized carbons (Fsp3) is 0.278. The van der Waals surface area contributed by atoms with Crippen molar-refractivity contribution < 1.29 is 22.7 Å². The van der Waals surface area contributed by atoms with Gasteiger partial charge in [0, 0.05) is 25.2 Å². The normalized spacial score (nSPS) is 13.2. The predicted octanol–water partition coefficient (Wildman–Crippen LogP) is 2.63. The lowest BCUT2D eigenvalue weighted by molar-refractivity contribution is -0.114. The Kier molecular flexibility index (Phi) is 5.03. The molecular formula is C18H20N2O5S. The zero-order valence-electron chi connectivity index (χ0n) is 14.6. The van der Waals surface area contributed by atoms with Crippen molar-refractivity contribution in [2.75, 3.05) is 29.4 Å². The molecule has 1 aliphatic rings. The Hall–Kier alpha value is -2.74. The molecule has 0 spiro atoms. The van der Waals surface area contributed by atoms with Gasteiger partial charge in [0.15, 0.2) is 11.5 Å². The number of ether oxygens (including phenoxy) is 2. The van der Waals surface area contributed by atoms with Gasteiger partial charge in [-0.1, -0.05) is 0 Å². The van der Waals surface area contributed by atoms with Crippen molar-refractivity contribution in [3.8, 4) is 11.5 Å². The summed E-state index contributed by atoms with van der Waals surface area (Å²) in [6.07, 6.45) is 0. The number of nitrogens with one attached hydrogen (secondary N) is 1. The van der Waals surface area contributed by atoms with Crippen molar-refractivity contribution in [2.24, 2.45) is 0 Å². The molecule has 1 heterocycles. The Morgan fingerprint density at radius 2 is 1.73 bits per heavy atom. The molecule has 7 nitrogen and oxygen atoms in total. The molecule has 0 bridgehead atoms. The molecule has 26 heavy (non-hydrogen) atoms. The minimum Gasteiger partial charge on any atom is -0.486 e. The minimum atomic E-state index is -3.75. The van der Waals surface area contributed by atoms with E-state index >= 15 is 0 Å². The number of amides is 1. The second-order valence-electron chi connectivity index (χ2n) is 5.70. The maximum Gasteiger partial charge on any atom is 0.264 e. The summed E-state index contributed by atoms with van der Waals surface area (Å²) in [5, 5.41) is 2.61. The van der Waals surface area contributed by atoms with Crippen LogP contribution in [0, 0.1) is 0 Å². The van der Waals surface area contributed by atoms with E-state index in [4.69, 9.17) is 9.47 Å². The third-order valence-corrected chi connectivity index (χ3v) is 5.78. The molecule has 0 aliphatic carbocycles. The van der Waals surface area contributed by atoms with Crippen LogP contribution in [0.2, 0.25) is 0 Å². The summed E-state index contributed by atoms with van der Waals surface area (Å²) in [5.74, 6) is 0.920. The smallest absolute Gasteiger partial charge is 0.264 e. The molecular weight excluding hydrogens is 356 g/mol. The fourth-order valence-electron chi connectivity index (χ4n) is 2.72. The third kappa shape index (κ3) is 3.60. The summed E-state index contributed by atoms with van der Waals surface area (Å²) in [5.41, 5.74) is 1.04. The van der Waals surface area contributed by atoms with Gasteiger partial charge < -0.3 is 14.8 Å². The summed E-state index contributed by atoms with van der Waals surface area (Å²) < 4.78 is 38.4. The molecule has 0 atom stereocenters. The molecule has 1 N–H and O–H groups in total. The van der Waals surface area contributed by atoms with E-state index in [0.717, 1.165) is 0 Å². The highest BCUT2D eigenvalue weighted by atomic mass is 32.2. The summed E-state index contributed by atoms with van der Waals surface area (Å²) in [6, 6.07) is 11.1. The van der Waals surface area contributed by atoms with Crippen molar-refractivity contribution in [2.45, 2.75) is 18.7 Å². The molecule has 3 rings (SSSR count). The zero-order chi connectivity index (χ0) is 18.7. The SMILES string of the molecule is CCN(c1ccc2c(c1)OCCO2)S(=O)(=O)c1ccc(NC(C)=O)cc1. The number of hydrogen-bond acceptors (Lipinski definition) is 5. The number of sulfonamides is 1. The van der Waals surface area contributed by atoms with Gasteiger partial charge in [0.05, 0.1) is 10.6 Å². The molecule has 0 radical (unpaired) electrons. The van der Waals surface area contributed by atoms with Crippen LogP contribution in [-0.2, 0) is 14.8 Å². The second kappa shape index (κ2) is 7.25. The first-order valence-electron chi connectivity index (χ1n) is 8.22. The Morgan fingerprint density at radius 1 is 1.08 bits per heavy atom. The second-order valence-corrected chi connectivity index (χ2v) is 7.57. The van der Waals surface area contributed by atoms with Crippen LogP contribution >= 0.6 is 0 Å². The van der Waals surface area contributed by atoms with Crippen LogP contribution in [-0.4, -0.2) is 34.1 Å². The first kappa shape index (κ1) is 18.1. The molecule has 138 valence electrons. The van der Waals surface area contributed by atoms with Gasteiger partial charge in [-0.05, 0) is 43.3 Å². The van der Waals surface area contributed by atoms with Crippen LogP contribution < -0.4 is 19.1 Å². The minimum absolute atomic E-state index is 0.142. The Bertz CT molecular complexity index is 910. The largest absolute Gasteiger partial charge is 0.486 e. The van der Waals surface area contributed by atoms with Crippen molar-refractivity contribution >= 4 is 27.3 Å². The van der Waals surface area contributed by atoms with E-state index in [1.807, 2.05) is 0 Å². The highest BCUT2D eigenvalue weighted by molar-refractivity contribution is 7.92. The van der Waals surface area contributed by atoms with E-state index in [9.17, 15) is 13.2 Å². The molecule has 8 heteroatoms. The predicted molar refractivity (Wildman–Crippen MR) is 98.4 cm³/mol. The Morgan fingerprint density at radius 3 is 2.35 bits per heavy atom. The molecule has 0 saturated carbocycles. The van der Waals surface area contributed by atoms with Gasteiger partial charge >= 0.3 is 0 Å². The third-order valence-electron chi connectivity index (χ3n) is 3.86. The van der Waals surface area contributed by atoms with E-state index in [-0.39, 0.29) is 17.3 Å². The Balaban J connectivity index is 1.92. The van der Waals surface area contributed by atoms with Crippen LogP contribution in [0.25, 0.3) is 0 Å². The van der Waals surface area contributed by atoms with Gasteiger partial charge in [-0.2, -0.15) is 0 Å². The first-order valence-corrected chi connectivity index (χ1v) is 9.66. The van der Waals surface area contributed by atoms with Gasteiger partial charge in [-0.15, -0.1) is 0 Å². The lowest BCUT2D eigenvalue weighted by Crippen LogP contribution is -2.31. The van der Waals surface area contributed by atoms with Crippen LogP contribution in [0.15, 0.2) is 47.4 Å². The molecule has 2 aromatic carbocycles. The lowest BCUT2D eigenvalue weighted by Gasteiger charge is -2.25. The standard InChI is InChI=1S/C18H20N2O5S/c1-3-20(15-6-9-17-18(12-15)25-11-10-24-17)26(22,23)16-7-4-14(5-8-16)19-13(2)21/h4-9,12H,3,10-11H2,1-2H3,(H,19,21). The topological polar surface area (TPSA) is 84.9 Å². The molecule has 2 aromatic rings. The summed E-state index contributed by atoms with van der Waals surface area (Å²) in [7, 11) is -3.75. The molecule has 0 saturated heterocycles. The number of benzene rings is 2. The number of carbonyl (C=O) groups excluding carboxylic acids is 1. The molecule has 1 amide bonds. The fourth-order valence-corrected chi connectivity index (χ4v) is 4.18. The summed E-state index contributed by atoms with van der Waals surface area (Å²) >= 11 is 0. The maximum atomic E-state index is 13.0. The Labute approximate surface area is 152 Å². The zero-order valence-corrected chi connectivity index (χ0v) is 15.4. The van der Waals surface area contributed by atoms with Crippen molar-refractivity contribution in [1.29, 1.82) is 0 Å². The number of nitrogens with zero attached hydrogens (tertiary/aromatic N) is 1. The van der Waals surface area contributed by atoms with Crippen molar-refractivity contribution in [3.63, 3.8) is 0 Å². The van der Waals surface area contributed by atoms with E-state index in [1.165, 1.54) is 23.4 Å². The molecule has 1 aliphatic heterocycles. The van der Waals surface area contributed by atoms with Gasteiger partial charge in [0.1, 0.15) is 13.2 Å². The molecule has 0 fully saturated rings. The average Bonchev–Trinajstić information content (AvgIpc) is 2.62.